The second kappa shape index (κ2) is 8.24. The zero-order valence-electron chi connectivity index (χ0n) is 14.3. The van der Waals surface area contributed by atoms with E-state index in [2.05, 4.69) is 5.32 Å². The lowest BCUT2D eigenvalue weighted by Crippen LogP contribution is -2.28. The molecule has 1 fully saturated rings. The molecule has 0 spiro atoms. The van der Waals surface area contributed by atoms with Crippen LogP contribution in [0.4, 0.5) is 10.1 Å². The Balaban J connectivity index is 1.74. The monoisotopic (exact) mass is 412 g/mol. The van der Waals surface area contributed by atoms with Gasteiger partial charge in [0.1, 0.15) is 16.5 Å². The molecule has 1 saturated heterocycles. The number of nitrogens with zero attached hydrogens (tertiary/aromatic N) is 1. The highest BCUT2D eigenvalue weighted by atomic mass is 35.5. The molecule has 27 heavy (non-hydrogen) atoms. The van der Waals surface area contributed by atoms with Gasteiger partial charge in [-0.05, 0) is 49.2 Å². The van der Waals surface area contributed by atoms with Gasteiger partial charge in [-0.2, -0.15) is 4.31 Å². The molecule has 2 aromatic rings. The number of nitrogens with one attached hydrogen (secondary N) is 1. The standard InChI is InChI=1S/C18H18ClFN2O4S/c19-13-6-7-16(17(10-13)27(24,25)22-8-1-2-9-22)26-12-18(23)21-15-5-3-4-14(20)11-15/h3-7,10-11H,1-2,8-9,12H2,(H,21,23). The molecule has 6 nitrogen and oxygen atoms in total. The lowest BCUT2D eigenvalue weighted by molar-refractivity contribution is -0.118. The zero-order chi connectivity index (χ0) is 19.4. The molecule has 1 N–H and O–H groups in total. The summed E-state index contributed by atoms with van der Waals surface area (Å²) in [6.45, 7) is 0.448. The predicted octanol–water partition coefficient (Wildman–Crippen LogP) is 3.28. The maximum absolute atomic E-state index is 13.2. The molecule has 0 bridgehead atoms. The Morgan fingerprint density at radius 3 is 2.63 bits per heavy atom. The number of anilines is 1. The molecule has 144 valence electrons. The van der Waals surface area contributed by atoms with Crippen molar-refractivity contribution in [3.8, 4) is 5.75 Å². The average Bonchev–Trinajstić information content (AvgIpc) is 3.16. The molecule has 0 aromatic heterocycles. The highest BCUT2D eigenvalue weighted by Gasteiger charge is 2.30. The van der Waals surface area contributed by atoms with E-state index in [0.717, 1.165) is 12.8 Å². The van der Waals surface area contributed by atoms with Gasteiger partial charge in [-0.3, -0.25) is 4.79 Å². The normalized spacial score (nSPS) is 14.9. The van der Waals surface area contributed by atoms with E-state index in [-0.39, 0.29) is 21.4 Å². The van der Waals surface area contributed by atoms with Crippen LogP contribution in [0, 0.1) is 5.82 Å². The van der Waals surface area contributed by atoms with Gasteiger partial charge < -0.3 is 10.1 Å². The van der Waals surface area contributed by atoms with Gasteiger partial charge in [0, 0.05) is 23.8 Å². The second-order valence-corrected chi connectivity index (χ2v) is 8.39. The lowest BCUT2D eigenvalue weighted by Gasteiger charge is -2.18. The summed E-state index contributed by atoms with van der Waals surface area (Å²) in [7, 11) is -3.76. The first-order valence-electron chi connectivity index (χ1n) is 8.34. The third-order valence-corrected chi connectivity index (χ3v) is 6.21. The summed E-state index contributed by atoms with van der Waals surface area (Å²) < 4.78 is 45.6. The molecule has 0 unspecified atom stereocenters. The van der Waals surface area contributed by atoms with Crippen LogP contribution in [0.25, 0.3) is 0 Å². The molecule has 1 aliphatic rings. The van der Waals surface area contributed by atoms with Gasteiger partial charge in [0.05, 0.1) is 0 Å². The van der Waals surface area contributed by atoms with Crippen LogP contribution in [-0.4, -0.2) is 38.3 Å². The van der Waals surface area contributed by atoms with Gasteiger partial charge in [0.2, 0.25) is 10.0 Å². The van der Waals surface area contributed by atoms with Gasteiger partial charge in [-0.25, -0.2) is 12.8 Å². The largest absolute Gasteiger partial charge is 0.482 e. The van der Waals surface area contributed by atoms with Gasteiger partial charge in [0.25, 0.3) is 5.91 Å². The molecule has 0 atom stereocenters. The molecule has 0 saturated carbocycles. The van der Waals surface area contributed by atoms with Crippen molar-refractivity contribution in [1.82, 2.24) is 4.31 Å². The fourth-order valence-corrected chi connectivity index (χ4v) is 4.69. The van der Waals surface area contributed by atoms with E-state index in [1.165, 1.54) is 46.8 Å². The Labute approximate surface area is 161 Å². The molecule has 1 aliphatic heterocycles. The minimum Gasteiger partial charge on any atom is -0.482 e. The summed E-state index contributed by atoms with van der Waals surface area (Å²) in [5.41, 5.74) is 0.282. The van der Waals surface area contributed by atoms with Crippen molar-refractivity contribution < 1.29 is 22.3 Å². The summed E-state index contributed by atoms with van der Waals surface area (Å²) in [5.74, 6) is -0.980. The highest BCUT2D eigenvalue weighted by Crippen LogP contribution is 2.31. The molecule has 2 aromatic carbocycles. The molecule has 9 heteroatoms. The third kappa shape index (κ3) is 4.77. The Morgan fingerprint density at radius 1 is 1.19 bits per heavy atom. The highest BCUT2D eigenvalue weighted by molar-refractivity contribution is 7.89. The van der Waals surface area contributed by atoms with E-state index in [0.29, 0.717) is 13.1 Å². The van der Waals surface area contributed by atoms with Crippen molar-refractivity contribution in [1.29, 1.82) is 0 Å². The molecule has 0 radical (unpaired) electrons. The maximum Gasteiger partial charge on any atom is 0.262 e. The van der Waals surface area contributed by atoms with Crippen molar-refractivity contribution >= 4 is 33.2 Å². The summed E-state index contributed by atoms with van der Waals surface area (Å²) in [4.78, 5) is 12.0. The average molecular weight is 413 g/mol. The van der Waals surface area contributed by atoms with Crippen molar-refractivity contribution in [2.75, 3.05) is 25.0 Å². The van der Waals surface area contributed by atoms with Crippen molar-refractivity contribution in [3.63, 3.8) is 0 Å². The Bertz CT molecular complexity index is 946. The fraction of sp³-hybridized carbons (Fsp3) is 0.278. The first-order chi connectivity index (χ1) is 12.9. The quantitative estimate of drug-likeness (QED) is 0.790. The van der Waals surface area contributed by atoms with E-state index >= 15 is 0 Å². The Morgan fingerprint density at radius 2 is 1.93 bits per heavy atom. The maximum atomic E-state index is 13.2. The zero-order valence-corrected chi connectivity index (χ0v) is 15.9. The SMILES string of the molecule is O=C(COc1ccc(Cl)cc1S(=O)(=O)N1CCCC1)Nc1cccc(F)c1. The first-order valence-corrected chi connectivity index (χ1v) is 10.2. The van der Waals surface area contributed by atoms with Gasteiger partial charge in [-0.15, -0.1) is 0 Å². The summed E-state index contributed by atoms with van der Waals surface area (Å²) in [6.07, 6.45) is 1.60. The van der Waals surface area contributed by atoms with Crippen molar-refractivity contribution in [2.24, 2.45) is 0 Å². The van der Waals surface area contributed by atoms with Crippen LogP contribution in [0.1, 0.15) is 12.8 Å². The minimum absolute atomic E-state index is 0.0423. The van der Waals surface area contributed by atoms with Crippen molar-refractivity contribution in [3.05, 3.63) is 53.3 Å². The number of ether oxygens (including phenoxy) is 1. The van der Waals surface area contributed by atoms with Crippen LogP contribution in [0.2, 0.25) is 5.02 Å². The number of rotatable bonds is 6. The van der Waals surface area contributed by atoms with Gasteiger partial charge in [0.15, 0.2) is 6.61 Å². The van der Waals surface area contributed by atoms with E-state index in [9.17, 15) is 17.6 Å². The fourth-order valence-electron chi connectivity index (χ4n) is 2.78. The topological polar surface area (TPSA) is 75.7 Å². The van der Waals surface area contributed by atoms with E-state index in [4.69, 9.17) is 16.3 Å². The number of benzene rings is 2. The Kier molecular flexibility index (Phi) is 5.98. The minimum atomic E-state index is -3.76. The van der Waals surface area contributed by atoms with Crippen LogP contribution in [0.3, 0.4) is 0 Å². The number of carbonyl (C=O) groups is 1. The summed E-state index contributed by atoms with van der Waals surface area (Å²) in [5, 5.41) is 2.74. The number of sulfonamides is 1. The number of carbonyl (C=O) groups excluding carboxylic acids is 1. The smallest absolute Gasteiger partial charge is 0.262 e. The number of hydrogen-bond donors (Lipinski definition) is 1. The van der Waals surface area contributed by atoms with Crippen LogP contribution >= 0.6 is 11.6 Å². The molecule has 1 amide bonds. The van der Waals surface area contributed by atoms with Gasteiger partial charge >= 0.3 is 0 Å². The van der Waals surface area contributed by atoms with Gasteiger partial charge in [-0.1, -0.05) is 17.7 Å². The lowest BCUT2D eigenvalue weighted by atomic mass is 10.3. The van der Waals surface area contributed by atoms with Crippen LogP contribution in [0.15, 0.2) is 47.4 Å². The van der Waals surface area contributed by atoms with E-state index < -0.39 is 28.4 Å². The molecule has 1 heterocycles. The molecule has 3 rings (SSSR count). The summed E-state index contributed by atoms with van der Waals surface area (Å²) >= 11 is 5.96. The second-order valence-electron chi connectivity index (χ2n) is 6.05. The summed E-state index contributed by atoms with van der Waals surface area (Å²) in [6, 6.07) is 9.65. The molecular formula is C18H18ClFN2O4S. The Hall–Kier alpha value is -2.16. The number of halogens is 2. The molecular weight excluding hydrogens is 395 g/mol. The van der Waals surface area contributed by atoms with Crippen LogP contribution < -0.4 is 10.1 Å². The van der Waals surface area contributed by atoms with E-state index in [1.807, 2.05) is 0 Å². The van der Waals surface area contributed by atoms with Crippen molar-refractivity contribution in [2.45, 2.75) is 17.7 Å². The number of amides is 1. The molecule has 0 aliphatic carbocycles. The number of hydrogen-bond acceptors (Lipinski definition) is 4. The predicted molar refractivity (Wildman–Crippen MR) is 100.0 cm³/mol. The van der Waals surface area contributed by atoms with Crippen LogP contribution in [-0.2, 0) is 14.8 Å². The van der Waals surface area contributed by atoms with Crippen LogP contribution in [0.5, 0.6) is 5.75 Å². The first kappa shape index (κ1) is 19.6. The third-order valence-electron chi connectivity index (χ3n) is 4.06. The van der Waals surface area contributed by atoms with E-state index in [1.54, 1.807) is 0 Å².